The molecule has 0 saturated heterocycles. The zero-order valence-electron chi connectivity index (χ0n) is 21.3. The van der Waals surface area contributed by atoms with Crippen LogP contribution in [0.2, 0.25) is 0 Å². The van der Waals surface area contributed by atoms with Crippen molar-refractivity contribution in [2.75, 3.05) is 6.61 Å². The second-order valence-corrected chi connectivity index (χ2v) is 9.56. The summed E-state index contributed by atoms with van der Waals surface area (Å²) in [5, 5.41) is 13.6. The Morgan fingerprint density at radius 3 is 2.11 bits per heavy atom. The van der Waals surface area contributed by atoms with Gasteiger partial charge in [0.1, 0.15) is 5.82 Å². The topological polar surface area (TPSA) is 75.3 Å². The summed E-state index contributed by atoms with van der Waals surface area (Å²) in [5.41, 5.74) is 11.7. The number of carbonyl (C=O) groups is 1. The molecule has 1 amide bonds. The molecule has 0 aliphatic heterocycles. The van der Waals surface area contributed by atoms with Crippen LogP contribution < -0.4 is 11.1 Å². The van der Waals surface area contributed by atoms with Crippen molar-refractivity contribution in [2.45, 2.75) is 25.3 Å². The van der Waals surface area contributed by atoms with E-state index in [4.69, 9.17) is 5.73 Å². The number of benzene rings is 4. The van der Waals surface area contributed by atoms with Gasteiger partial charge in [-0.05, 0) is 77.4 Å². The van der Waals surface area contributed by atoms with E-state index < -0.39 is 0 Å². The first-order chi connectivity index (χ1) is 18.4. The molecule has 4 nitrogen and oxygen atoms in total. The molecule has 0 saturated carbocycles. The van der Waals surface area contributed by atoms with Gasteiger partial charge in [-0.3, -0.25) is 4.79 Å². The summed E-state index contributed by atoms with van der Waals surface area (Å²) in [6.07, 6.45) is 2.03. The smallest absolute Gasteiger partial charge is 0.251 e. The van der Waals surface area contributed by atoms with Gasteiger partial charge < -0.3 is 16.2 Å². The molecule has 0 heterocycles. The van der Waals surface area contributed by atoms with Gasteiger partial charge in [0.05, 0.1) is 0 Å². The molecule has 0 aliphatic rings. The van der Waals surface area contributed by atoms with Gasteiger partial charge in [0, 0.05) is 29.8 Å². The molecule has 4 N–H and O–H groups in total. The Morgan fingerprint density at radius 2 is 1.47 bits per heavy atom. The maximum absolute atomic E-state index is 13.3. The highest BCUT2D eigenvalue weighted by Gasteiger charge is 2.24. The van der Waals surface area contributed by atoms with Crippen LogP contribution in [0.15, 0.2) is 110 Å². The minimum absolute atomic E-state index is 0.0724. The van der Waals surface area contributed by atoms with Gasteiger partial charge in [0.25, 0.3) is 5.91 Å². The van der Waals surface area contributed by atoms with E-state index in [1.54, 1.807) is 24.3 Å². The third kappa shape index (κ3) is 7.17. The lowest BCUT2D eigenvalue weighted by Crippen LogP contribution is -2.43. The molecule has 194 valence electrons. The van der Waals surface area contributed by atoms with Crippen molar-refractivity contribution in [3.05, 3.63) is 138 Å². The minimum Gasteiger partial charge on any atom is -0.399 e. The van der Waals surface area contributed by atoms with Crippen molar-refractivity contribution in [3.63, 3.8) is 0 Å². The summed E-state index contributed by atoms with van der Waals surface area (Å²) in [4.78, 5) is 13.3. The highest BCUT2D eigenvalue weighted by atomic mass is 19.1. The standard InChI is InChI=1S/C33H33FN2O2/c1-23(35)29-9-5-8-25(20-29)21-30(22-37)32(19-10-24-6-3-2-4-7-24)36-33(38)28-13-11-26(12-14-28)27-15-17-31(34)18-16-27/h2-9,11-18,20,30,32,37H,1,10,19,21-22,35H2,(H,36,38). The molecule has 4 aromatic carbocycles. The molecule has 0 fully saturated rings. The lowest BCUT2D eigenvalue weighted by molar-refractivity contribution is 0.0898. The van der Waals surface area contributed by atoms with Crippen LogP contribution in [0, 0.1) is 11.7 Å². The number of aryl methyl sites for hydroxylation is 1. The van der Waals surface area contributed by atoms with E-state index in [1.165, 1.54) is 17.7 Å². The van der Waals surface area contributed by atoms with Gasteiger partial charge >= 0.3 is 0 Å². The van der Waals surface area contributed by atoms with Gasteiger partial charge in [0.2, 0.25) is 0 Å². The Hall–Kier alpha value is -4.22. The highest BCUT2D eigenvalue weighted by Crippen LogP contribution is 2.22. The Labute approximate surface area is 223 Å². The Bertz CT molecular complexity index is 1350. The Balaban J connectivity index is 1.52. The molecule has 0 spiro atoms. The van der Waals surface area contributed by atoms with E-state index in [9.17, 15) is 14.3 Å². The van der Waals surface area contributed by atoms with Crippen LogP contribution >= 0.6 is 0 Å². The van der Waals surface area contributed by atoms with E-state index in [-0.39, 0.29) is 30.3 Å². The first kappa shape index (κ1) is 26.8. The molecular weight excluding hydrogens is 475 g/mol. The number of amides is 1. The monoisotopic (exact) mass is 508 g/mol. The van der Waals surface area contributed by atoms with Gasteiger partial charge in [-0.25, -0.2) is 4.39 Å². The minimum atomic E-state index is -0.288. The summed E-state index contributed by atoms with van der Waals surface area (Å²) >= 11 is 0. The summed E-state index contributed by atoms with van der Waals surface area (Å²) in [6.45, 7) is 3.75. The molecule has 0 aliphatic carbocycles. The predicted molar refractivity (Wildman–Crippen MR) is 152 cm³/mol. The molecule has 4 rings (SSSR count). The Morgan fingerprint density at radius 1 is 0.842 bits per heavy atom. The molecule has 4 aromatic rings. The van der Waals surface area contributed by atoms with Crippen molar-refractivity contribution < 1.29 is 14.3 Å². The largest absolute Gasteiger partial charge is 0.399 e. The fraction of sp³-hybridized carbons (Fsp3) is 0.182. The predicted octanol–water partition coefficient (Wildman–Crippen LogP) is 6.00. The quantitative estimate of drug-likeness (QED) is 0.232. The molecular formula is C33H33FN2O2. The van der Waals surface area contributed by atoms with Crippen molar-refractivity contribution in [3.8, 4) is 11.1 Å². The number of aliphatic hydroxyl groups is 1. The average Bonchev–Trinajstić information content (AvgIpc) is 2.95. The van der Waals surface area contributed by atoms with Crippen molar-refractivity contribution >= 4 is 11.6 Å². The van der Waals surface area contributed by atoms with Gasteiger partial charge in [0.15, 0.2) is 0 Å². The van der Waals surface area contributed by atoms with Crippen LogP contribution in [0.4, 0.5) is 4.39 Å². The highest BCUT2D eigenvalue weighted by molar-refractivity contribution is 5.94. The molecule has 0 aromatic heterocycles. The average molecular weight is 509 g/mol. The molecule has 38 heavy (non-hydrogen) atoms. The van der Waals surface area contributed by atoms with Gasteiger partial charge in [-0.1, -0.05) is 79.4 Å². The number of hydrogen-bond donors (Lipinski definition) is 3. The number of nitrogens with one attached hydrogen (secondary N) is 1. The van der Waals surface area contributed by atoms with E-state index in [0.29, 0.717) is 24.1 Å². The first-order valence-corrected chi connectivity index (χ1v) is 12.8. The summed E-state index contributed by atoms with van der Waals surface area (Å²) < 4.78 is 13.3. The molecule has 0 bridgehead atoms. The van der Waals surface area contributed by atoms with E-state index in [1.807, 2.05) is 54.6 Å². The fourth-order valence-corrected chi connectivity index (χ4v) is 4.64. The maximum Gasteiger partial charge on any atom is 0.251 e. The van der Waals surface area contributed by atoms with E-state index in [2.05, 4.69) is 24.0 Å². The third-order valence-corrected chi connectivity index (χ3v) is 6.83. The van der Waals surface area contributed by atoms with E-state index >= 15 is 0 Å². The van der Waals surface area contributed by atoms with Gasteiger partial charge in [-0.15, -0.1) is 0 Å². The lowest BCUT2D eigenvalue weighted by Gasteiger charge is -2.27. The number of nitrogens with two attached hydrogens (primary N) is 1. The SMILES string of the molecule is C=C(N)c1cccc(CC(CO)C(CCc2ccccc2)NC(=O)c2ccc(-c3ccc(F)cc3)cc2)c1. The number of hydrogen-bond acceptors (Lipinski definition) is 3. The number of aliphatic hydroxyl groups excluding tert-OH is 1. The van der Waals surface area contributed by atoms with Crippen LogP contribution in [-0.2, 0) is 12.8 Å². The van der Waals surface area contributed by atoms with Crippen molar-refractivity contribution in [1.29, 1.82) is 0 Å². The summed E-state index contributed by atoms with van der Waals surface area (Å²) in [7, 11) is 0. The van der Waals surface area contributed by atoms with Crippen LogP contribution in [0.5, 0.6) is 0 Å². The molecule has 2 atom stereocenters. The molecule has 2 unspecified atom stereocenters. The Kier molecular flexibility index (Phi) is 9.07. The number of halogens is 1. The van der Waals surface area contributed by atoms with Crippen LogP contribution in [0.1, 0.15) is 33.5 Å². The first-order valence-electron chi connectivity index (χ1n) is 12.8. The van der Waals surface area contributed by atoms with Crippen molar-refractivity contribution in [2.24, 2.45) is 11.7 Å². The van der Waals surface area contributed by atoms with Crippen molar-refractivity contribution in [1.82, 2.24) is 5.32 Å². The molecule has 0 radical (unpaired) electrons. The normalized spacial score (nSPS) is 12.5. The number of rotatable bonds is 11. The van der Waals surface area contributed by atoms with E-state index in [0.717, 1.165) is 28.7 Å². The van der Waals surface area contributed by atoms with Crippen LogP contribution in [-0.4, -0.2) is 23.7 Å². The molecule has 5 heteroatoms. The summed E-state index contributed by atoms with van der Waals surface area (Å²) in [6, 6.07) is 31.2. The van der Waals surface area contributed by atoms with Crippen LogP contribution in [0.25, 0.3) is 16.8 Å². The van der Waals surface area contributed by atoms with Gasteiger partial charge in [-0.2, -0.15) is 0 Å². The second kappa shape index (κ2) is 12.8. The number of carbonyl (C=O) groups excluding carboxylic acids is 1. The second-order valence-electron chi connectivity index (χ2n) is 9.56. The zero-order chi connectivity index (χ0) is 26.9. The lowest BCUT2D eigenvalue weighted by atomic mass is 9.88. The third-order valence-electron chi connectivity index (χ3n) is 6.83. The van der Waals surface area contributed by atoms with Crippen LogP contribution in [0.3, 0.4) is 0 Å². The summed E-state index contributed by atoms with van der Waals surface area (Å²) in [5.74, 6) is -0.678. The zero-order valence-corrected chi connectivity index (χ0v) is 21.3. The fourth-order valence-electron chi connectivity index (χ4n) is 4.64. The maximum atomic E-state index is 13.3.